The molecule has 1 aliphatic rings. The van der Waals surface area contributed by atoms with Crippen molar-refractivity contribution in [2.45, 2.75) is 11.8 Å². The second kappa shape index (κ2) is 8.36. The van der Waals surface area contributed by atoms with Crippen molar-refractivity contribution in [3.8, 4) is 0 Å². The first kappa shape index (κ1) is 20.4. The van der Waals surface area contributed by atoms with Crippen LogP contribution < -0.4 is 0 Å². The molecule has 0 aromatic heterocycles. The van der Waals surface area contributed by atoms with Gasteiger partial charge in [0.15, 0.2) is 0 Å². The van der Waals surface area contributed by atoms with Gasteiger partial charge in [0.1, 0.15) is 0 Å². The van der Waals surface area contributed by atoms with E-state index in [2.05, 4.69) is 17.4 Å². The Morgan fingerprint density at radius 3 is 2.17 bits per heavy atom. The van der Waals surface area contributed by atoms with Crippen molar-refractivity contribution >= 4 is 28.1 Å². The van der Waals surface area contributed by atoms with E-state index in [1.807, 2.05) is 6.92 Å². The zero-order valence-electron chi connectivity index (χ0n) is 15.8. The van der Waals surface area contributed by atoms with Gasteiger partial charge in [0.2, 0.25) is 10.0 Å². The first-order valence-electron chi connectivity index (χ1n) is 8.77. The van der Waals surface area contributed by atoms with Crippen LogP contribution in [0.3, 0.4) is 0 Å². The predicted octanol–water partition coefficient (Wildman–Crippen LogP) is 2.61. The van der Waals surface area contributed by atoms with Gasteiger partial charge in [-0.1, -0.05) is 36.4 Å². The molecule has 0 unspecified atom stereocenters. The Kier molecular flexibility index (Phi) is 5.89. The number of carbonyl (C=O) groups is 2. The van der Waals surface area contributed by atoms with Crippen molar-refractivity contribution in [1.29, 1.82) is 0 Å². The van der Waals surface area contributed by atoms with Crippen LogP contribution in [-0.4, -0.2) is 48.9 Å². The van der Waals surface area contributed by atoms with Crippen molar-refractivity contribution in [2.75, 3.05) is 13.1 Å². The van der Waals surface area contributed by atoms with Gasteiger partial charge in [-0.3, -0.25) is 9.59 Å². The molecule has 0 spiro atoms. The van der Waals surface area contributed by atoms with Crippen LogP contribution in [0.1, 0.15) is 26.3 Å². The molecule has 0 fully saturated rings. The highest BCUT2D eigenvalue weighted by atomic mass is 32.2. The molecule has 1 heterocycles. The number of nitrogens with zero attached hydrogens (tertiary/aromatic N) is 3. The van der Waals surface area contributed by atoms with Gasteiger partial charge in [-0.2, -0.15) is 14.4 Å². The van der Waals surface area contributed by atoms with Gasteiger partial charge >= 0.3 is 0 Å². The molecule has 7 nitrogen and oxygen atoms in total. The van der Waals surface area contributed by atoms with E-state index in [0.717, 1.165) is 14.9 Å². The maximum Gasteiger partial charge on any atom is 0.282 e. The smallest absolute Gasteiger partial charge is 0.267 e. The number of imide groups is 1. The highest BCUT2D eigenvalue weighted by Crippen LogP contribution is 2.22. The lowest BCUT2D eigenvalue weighted by molar-refractivity contribution is 0.0659. The van der Waals surface area contributed by atoms with Crippen molar-refractivity contribution in [1.82, 2.24) is 9.31 Å². The zero-order valence-corrected chi connectivity index (χ0v) is 16.6. The third-order valence-electron chi connectivity index (χ3n) is 4.35. The molecule has 0 radical (unpaired) electrons. The molecule has 2 aromatic rings. The third-order valence-corrected chi connectivity index (χ3v) is 6.20. The summed E-state index contributed by atoms with van der Waals surface area (Å²) in [5, 5.41) is 4.66. The maximum absolute atomic E-state index is 12.9. The van der Waals surface area contributed by atoms with E-state index < -0.39 is 21.8 Å². The van der Waals surface area contributed by atoms with Gasteiger partial charge in [-0.25, -0.2) is 8.42 Å². The topological polar surface area (TPSA) is 87.1 Å². The van der Waals surface area contributed by atoms with Crippen LogP contribution in [-0.2, 0) is 10.0 Å². The Labute approximate surface area is 169 Å². The third kappa shape index (κ3) is 4.09. The summed E-state index contributed by atoms with van der Waals surface area (Å²) >= 11 is 0. The lowest BCUT2D eigenvalue weighted by Crippen LogP contribution is -2.34. The summed E-state index contributed by atoms with van der Waals surface area (Å²) in [7, 11) is -3.81. The van der Waals surface area contributed by atoms with E-state index in [1.165, 1.54) is 24.4 Å². The molecule has 148 valence electrons. The Morgan fingerprint density at radius 2 is 1.62 bits per heavy atom. The molecule has 3 rings (SSSR count). The molecule has 29 heavy (non-hydrogen) atoms. The number of hydrazone groups is 1. The second-order valence-electron chi connectivity index (χ2n) is 6.31. The van der Waals surface area contributed by atoms with Crippen LogP contribution in [0.25, 0.3) is 0 Å². The molecule has 0 N–H and O–H groups in total. The van der Waals surface area contributed by atoms with Gasteiger partial charge in [-0.15, -0.1) is 5.73 Å². The summed E-state index contributed by atoms with van der Waals surface area (Å²) in [5.41, 5.74) is 4.03. The molecular weight excluding hydrogens is 390 g/mol. The standard InChI is InChI=1S/C21H19N3O4S/c1-3-4-14-23(29(27,28)17-11-9-16(2)10-12-17)15-13-22-24-20(25)18-7-5-6-8-19(18)21(24)26/h4-13H,1,14-15H2,2H3. The summed E-state index contributed by atoms with van der Waals surface area (Å²) in [6.07, 6.45) is 2.70. The molecule has 1 aliphatic heterocycles. The van der Waals surface area contributed by atoms with Crippen LogP contribution >= 0.6 is 0 Å². The van der Waals surface area contributed by atoms with Crippen LogP contribution in [0.4, 0.5) is 0 Å². The highest BCUT2D eigenvalue weighted by Gasteiger charge is 2.35. The average Bonchev–Trinajstić information content (AvgIpc) is 2.95. The van der Waals surface area contributed by atoms with Crippen molar-refractivity contribution in [3.05, 3.63) is 83.6 Å². The molecule has 0 bridgehead atoms. The van der Waals surface area contributed by atoms with Crippen molar-refractivity contribution in [3.63, 3.8) is 0 Å². The minimum Gasteiger partial charge on any atom is -0.267 e. The van der Waals surface area contributed by atoms with Crippen LogP contribution in [0, 0.1) is 6.92 Å². The Hall–Kier alpha value is -3.32. The first-order chi connectivity index (χ1) is 13.9. The first-order valence-corrected chi connectivity index (χ1v) is 10.2. The number of amides is 2. The van der Waals surface area contributed by atoms with Gasteiger partial charge < -0.3 is 0 Å². The molecule has 2 aromatic carbocycles. The number of sulfonamides is 1. The average molecular weight is 409 g/mol. The SMILES string of the molecule is C=C=CCN(CC=NN1C(=O)c2ccccc2C1=O)S(=O)(=O)c1ccc(C)cc1. The van der Waals surface area contributed by atoms with E-state index in [9.17, 15) is 18.0 Å². The predicted molar refractivity (Wildman–Crippen MR) is 109 cm³/mol. The summed E-state index contributed by atoms with van der Waals surface area (Å²) in [4.78, 5) is 24.8. The Balaban J connectivity index is 1.81. The molecular formula is C21H19N3O4S. The number of aryl methyl sites for hydroxylation is 1. The lowest BCUT2D eigenvalue weighted by atomic mass is 10.1. The van der Waals surface area contributed by atoms with E-state index in [1.54, 1.807) is 36.4 Å². The fraction of sp³-hybridized carbons (Fsp3) is 0.143. The number of fused-ring (bicyclic) bond motifs is 1. The van der Waals surface area contributed by atoms with Crippen molar-refractivity contribution in [2.24, 2.45) is 5.10 Å². The molecule has 0 saturated heterocycles. The fourth-order valence-corrected chi connectivity index (χ4v) is 4.10. The van der Waals surface area contributed by atoms with Crippen LogP contribution in [0.2, 0.25) is 0 Å². The van der Waals surface area contributed by atoms with E-state index in [4.69, 9.17) is 0 Å². The second-order valence-corrected chi connectivity index (χ2v) is 8.25. The fourth-order valence-electron chi connectivity index (χ4n) is 2.79. The summed E-state index contributed by atoms with van der Waals surface area (Å²) in [5.74, 6) is -1.08. The van der Waals surface area contributed by atoms with Gasteiger partial charge in [0.05, 0.1) is 22.6 Å². The number of hydrogen-bond donors (Lipinski definition) is 0. The van der Waals surface area contributed by atoms with Crippen LogP contribution in [0.15, 0.2) is 76.9 Å². The van der Waals surface area contributed by atoms with E-state index >= 15 is 0 Å². The van der Waals surface area contributed by atoms with Gasteiger partial charge in [0, 0.05) is 12.8 Å². The normalized spacial score (nSPS) is 13.8. The zero-order chi connectivity index (χ0) is 21.0. The van der Waals surface area contributed by atoms with Gasteiger partial charge in [0.25, 0.3) is 11.8 Å². The largest absolute Gasteiger partial charge is 0.282 e. The summed E-state index contributed by atoms with van der Waals surface area (Å²) in [6.45, 7) is 5.20. The minimum atomic E-state index is -3.81. The highest BCUT2D eigenvalue weighted by molar-refractivity contribution is 7.89. The van der Waals surface area contributed by atoms with Crippen molar-refractivity contribution < 1.29 is 18.0 Å². The minimum absolute atomic E-state index is 0.0217. The maximum atomic E-state index is 12.9. The number of hydrogen-bond acceptors (Lipinski definition) is 5. The number of benzene rings is 2. The number of rotatable bonds is 7. The Morgan fingerprint density at radius 1 is 1.03 bits per heavy atom. The van der Waals surface area contributed by atoms with Crippen LogP contribution in [0.5, 0.6) is 0 Å². The lowest BCUT2D eigenvalue weighted by Gasteiger charge is -2.19. The summed E-state index contributed by atoms with van der Waals surface area (Å²) < 4.78 is 27.0. The van der Waals surface area contributed by atoms with E-state index in [-0.39, 0.29) is 29.1 Å². The monoisotopic (exact) mass is 409 g/mol. The Bertz CT molecular complexity index is 1100. The van der Waals surface area contributed by atoms with E-state index in [0.29, 0.717) is 0 Å². The summed E-state index contributed by atoms with van der Waals surface area (Å²) in [6, 6.07) is 12.9. The molecule has 0 saturated carbocycles. The number of carbonyl (C=O) groups excluding carboxylic acids is 2. The van der Waals surface area contributed by atoms with Gasteiger partial charge in [-0.05, 0) is 37.3 Å². The molecule has 0 aliphatic carbocycles. The molecule has 0 atom stereocenters. The quantitative estimate of drug-likeness (QED) is 0.400. The molecule has 8 heteroatoms. The molecule has 2 amide bonds.